The van der Waals surface area contributed by atoms with Gasteiger partial charge < -0.3 is 5.11 Å². The maximum Gasteiger partial charge on any atom is 0.281 e. The highest BCUT2D eigenvalue weighted by Gasteiger charge is 2.20. The van der Waals surface area contributed by atoms with Gasteiger partial charge in [0, 0.05) is 17.7 Å². The minimum Gasteiger partial charge on any atom is -0.493 e. The van der Waals surface area contributed by atoms with Gasteiger partial charge in [-0.2, -0.15) is 5.26 Å². The average Bonchev–Trinajstić information content (AvgIpc) is 2.89. The fraction of sp³-hybridized carbons (Fsp3) is 0.107. The van der Waals surface area contributed by atoms with E-state index < -0.39 is 11.4 Å². The third kappa shape index (κ3) is 4.92. The second-order valence-corrected chi connectivity index (χ2v) is 7.89. The molecular weight excluding hydrogens is 440 g/mol. The van der Waals surface area contributed by atoms with Crippen molar-refractivity contribution in [3.05, 3.63) is 123 Å². The van der Waals surface area contributed by atoms with Gasteiger partial charge in [-0.15, -0.1) is 10.2 Å². The molecule has 0 fully saturated rings. The maximum absolute atomic E-state index is 13.2. The quantitative estimate of drug-likeness (QED) is 0.284. The zero-order valence-corrected chi connectivity index (χ0v) is 19.0. The number of pyridine rings is 1. The number of hydrogen-bond acceptors (Lipinski definition) is 6. The van der Waals surface area contributed by atoms with Crippen molar-refractivity contribution in [3.8, 4) is 11.9 Å². The summed E-state index contributed by atoms with van der Waals surface area (Å²) in [6.45, 7) is 1.70. The normalized spacial score (nSPS) is 10.9. The smallest absolute Gasteiger partial charge is 0.281 e. The van der Waals surface area contributed by atoms with Crippen molar-refractivity contribution in [1.29, 1.82) is 5.26 Å². The van der Waals surface area contributed by atoms with Gasteiger partial charge in [-0.3, -0.25) is 14.2 Å². The van der Waals surface area contributed by atoms with Crippen molar-refractivity contribution in [3.63, 3.8) is 0 Å². The van der Waals surface area contributed by atoms with Crippen LogP contribution in [0.25, 0.3) is 0 Å². The zero-order valence-electron chi connectivity index (χ0n) is 19.0. The summed E-state index contributed by atoms with van der Waals surface area (Å²) in [7, 11) is 0. The molecule has 3 aromatic carbocycles. The summed E-state index contributed by atoms with van der Waals surface area (Å²) < 4.78 is 1.13. The van der Waals surface area contributed by atoms with Crippen LogP contribution >= 0.6 is 0 Å². The minimum absolute atomic E-state index is 0.0414. The van der Waals surface area contributed by atoms with Crippen molar-refractivity contribution >= 4 is 17.2 Å². The van der Waals surface area contributed by atoms with E-state index >= 15 is 0 Å². The van der Waals surface area contributed by atoms with E-state index in [-0.39, 0.29) is 29.1 Å². The number of hydrogen-bond donors (Lipinski definition) is 1. The van der Waals surface area contributed by atoms with Gasteiger partial charge in [0.2, 0.25) is 5.88 Å². The van der Waals surface area contributed by atoms with E-state index in [1.807, 2.05) is 42.5 Å². The molecule has 0 bridgehead atoms. The molecular formula is C28H22N4O3. The number of carbonyl (C=O) groups is 1. The monoisotopic (exact) mass is 462 g/mol. The molecule has 0 radical (unpaired) electrons. The van der Waals surface area contributed by atoms with Crippen LogP contribution in [0.15, 0.2) is 100.0 Å². The molecule has 4 aromatic rings. The first-order valence-electron chi connectivity index (χ1n) is 11.0. The number of azo groups is 1. The van der Waals surface area contributed by atoms with Gasteiger partial charge in [-0.25, -0.2) is 0 Å². The van der Waals surface area contributed by atoms with Crippen LogP contribution in [0.3, 0.4) is 0 Å². The van der Waals surface area contributed by atoms with Crippen molar-refractivity contribution < 1.29 is 9.90 Å². The van der Waals surface area contributed by atoms with Gasteiger partial charge in [0.15, 0.2) is 11.5 Å². The summed E-state index contributed by atoms with van der Waals surface area (Å²) in [5.41, 5.74) is 1.67. The van der Waals surface area contributed by atoms with Crippen molar-refractivity contribution in [2.45, 2.75) is 19.9 Å². The molecule has 0 saturated carbocycles. The van der Waals surface area contributed by atoms with E-state index in [4.69, 9.17) is 0 Å². The summed E-state index contributed by atoms with van der Waals surface area (Å²) in [5.74, 6) is -0.620. The van der Waals surface area contributed by atoms with E-state index in [1.54, 1.807) is 48.5 Å². The molecule has 0 aliphatic heterocycles. The van der Waals surface area contributed by atoms with Crippen LogP contribution in [0.2, 0.25) is 0 Å². The number of nitriles is 1. The molecule has 0 saturated heterocycles. The molecule has 4 rings (SSSR count). The third-order valence-electron chi connectivity index (χ3n) is 5.68. The Hall–Kier alpha value is -4.83. The number of nitrogens with zero attached hydrogens (tertiary/aromatic N) is 4. The predicted molar refractivity (Wildman–Crippen MR) is 132 cm³/mol. The molecule has 1 aromatic heterocycles. The van der Waals surface area contributed by atoms with E-state index in [0.717, 1.165) is 10.1 Å². The first kappa shape index (κ1) is 23.3. The molecule has 0 unspecified atom stereocenters. The fourth-order valence-corrected chi connectivity index (χ4v) is 3.75. The van der Waals surface area contributed by atoms with Crippen LogP contribution in [0, 0.1) is 18.3 Å². The number of aromatic hydroxyl groups is 1. The summed E-state index contributed by atoms with van der Waals surface area (Å²) >= 11 is 0. The Labute approximate surface area is 202 Å². The van der Waals surface area contributed by atoms with E-state index in [0.29, 0.717) is 23.2 Å². The summed E-state index contributed by atoms with van der Waals surface area (Å²) in [6.07, 6.45) is 0.479. The van der Waals surface area contributed by atoms with Gasteiger partial charge in [0.25, 0.3) is 5.56 Å². The van der Waals surface area contributed by atoms with Crippen LogP contribution in [0.1, 0.15) is 32.6 Å². The molecule has 7 heteroatoms. The molecule has 0 aliphatic rings. The highest BCUT2D eigenvalue weighted by Crippen LogP contribution is 2.29. The molecule has 0 aliphatic carbocycles. The average molecular weight is 463 g/mol. The SMILES string of the molecule is Cc1c(C#N)c(O)n(CCc2ccccc2)c(=O)c1N=Nc1ccccc1C(=O)c1ccccc1. The first-order chi connectivity index (χ1) is 17.0. The van der Waals surface area contributed by atoms with Crippen LogP contribution in [-0.4, -0.2) is 15.5 Å². The van der Waals surface area contributed by atoms with Crippen molar-refractivity contribution in [2.24, 2.45) is 10.2 Å². The van der Waals surface area contributed by atoms with E-state index in [2.05, 4.69) is 10.2 Å². The summed E-state index contributed by atoms with van der Waals surface area (Å²) in [4.78, 5) is 26.2. The third-order valence-corrected chi connectivity index (χ3v) is 5.68. The Balaban J connectivity index is 1.73. The summed E-state index contributed by atoms with van der Waals surface area (Å²) in [6, 6.07) is 27.0. The molecule has 1 heterocycles. The molecule has 7 nitrogen and oxygen atoms in total. The minimum atomic E-state index is -0.564. The van der Waals surface area contributed by atoms with E-state index in [1.165, 1.54) is 6.92 Å². The van der Waals surface area contributed by atoms with E-state index in [9.17, 15) is 20.0 Å². The van der Waals surface area contributed by atoms with Crippen molar-refractivity contribution in [1.82, 2.24) is 4.57 Å². The van der Waals surface area contributed by atoms with Gasteiger partial charge in [0.1, 0.15) is 11.6 Å². The molecule has 0 amide bonds. The van der Waals surface area contributed by atoms with Gasteiger partial charge in [0.05, 0.1) is 11.3 Å². The number of ketones is 1. The lowest BCUT2D eigenvalue weighted by Gasteiger charge is -2.13. The maximum atomic E-state index is 13.2. The van der Waals surface area contributed by atoms with Crippen LogP contribution < -0.4 is 5.56 Å². The molecule has 0 atom stereocenters. The Bertz CT molecular complexity index is 1500. The first-order valence-corrected chi connectivity index (χ1v) is 11.0. The molecule has 35 heavy (non-hydrogen) atoms. The highest BCUT2D eigenvalue weighted by atomic mass is 16.3. The predicted octanol–water partition coefficient (Wildman–Crippen LogP) is 5.62. The lowest BCUT2D eigenvalue weighted by molar-refractivity contribution is 0.103. The van der Waals surface area contributed by atoms with Crippen LogP contribution in [-0.2, 0) is 13.0 Å². The van der Waals surface area contributed by atoms with Gasteiger partial charge >= 0.3 is 0 Å². The van der Waals surface area contributed by atoms with Crippen molar-refractivity contribution in [2.75, 3.05) is 0 Å². The topological polar surface area (TPSA) is 108 Å². The number of aryl methyl sites for hydroxylation is 1. The Morgan fingerprint density at radius 1 is 0.943 bits per heavy atom. The Morgan fingerprint density at radius 2 is 1.57 bits per heavy atom. The number of rotatable bonds is 7. The lowest BCUT2D eigenvalue weighted by atomic mass is 10.0. The van der Waals surface area contributed by atoms with Crippen LogP contribution in [0.5, 0.6) is 5.88 Å². The second kappa shape index (κ2) is 10.4. The number of carbonyl (C=O) groups excluding carboxylic acids is 1. The Kier molecular flexibility index (Phi) is 6.94. The summed E-state index contributed by atoms with van der Waals surface area (Å²) in [5, 5.41) is 28.6. The molecule has 0 spiro atoms. The van der Waals surface area contributed by atoms with Gasteiger partial charge in [-0.05, 0) is 31.0 Å². The molecule has 172 valence electrons. The second-order valence-electron chi connectivity index (χ2n) is 7.89. The lowest BCUT2D eigenvalue weighted by Crippen LogP contribution is -2.22. The number of aromatic nitrogens is 1. The standard InChI is InChI=1S/C28H22N4O3/c1-19-23(18-29)27(34)32(17-16-20-10-4-2-5-11-20)28(35)25(19)31-30-24-15-9-8-14-22(24)26(33)21-12-6-3-7-13-21/h2-15,34H,16-17H2,1H3. The fourth-order valence-electron chi connectivity index (χ4n) is 3.75. The van der Waals surface area contributed by atoms with Crippen LogP contribution in [0.4, 0.5) is 11.4 Å². The molecule has 1 N–H and O–H groups in total. The zero-order chi connectivity index (χ0) is 24.8. The largest absolute Gasteiger partial charge is 0.493 e. The number of benzene rings is 3. The highest BCUT2D eigenvalue weighted by molar-refractivity contribution is 6.11. The van der Waals surface area contributed by atoms with Gasteiger partial charge in [-0.1, -0.05) is 72.8 Å². The Morgan fingerprint density at radius 3 is 2.26 bits per heavy atom.